The van der Waals surface area contributed by atoms with Crippen LogP contribution in [0.15, 0.2) is 12.7 Å². The van der Waals surface area contributed by atoms with Gasteiger partial charge in [-0.1, -0.05) is 0 Å². The van der Waals surface area contributed by atoms with Crippen LogP contribution in [0.4, 0.5) is 5.82 Å². The summed E-state index contributed by atoms with van der Waals surface area (Å²) in [4.78, 5) is 44.6. The van der Waals surface area contributed by atoms with E-state index in [-0.39, 0.29) is 23.6 Å². The van der Waals surface area contributed by atoms with Crippen LogP contribution in [0, 0.1) is 0 Å². The van der Waals surface area contributed by atoms with E-state index in [9.17, 15) is 19.0 Å². The van der Waals surface area contributed by atoms with E-state index < -0.39 is 57.1 Å². The Hall–Kier alpha value is -2.64. The van der Waals surface area contributed by atoms with Crippen molar-refractivity contribution in [2.24, 2.45) is 0 Å². The molecule has 0 bridgehead atoms. The van der Waals surface area contributed by atoms with Gasteiger partial charge in [-0.15, -0.1) is 0 Å². The van der Waals surface area contributed by atoms with Gasteiger partial charge in [0.05, 0.1) is 25.8 Å². The Morgan fingerprint density at radius 3 is 2.90 bits per heavy atom. The number of carboxylic acids is 1. The maximum absolute atomic E-state index is 12.1. The highest BCUT2D eigenvalue weighted by Crippen LogP contribution is 2.53. The molecular formula is C14H16N5O9P. The molecule has 2 aliphatic heterocycles. The van der Waals surface area contributed by atoms with E-state index in [0.717, 1.165) is 0 Å². The maximum Gasteiger partial charge on any atom is 0.472 e. The quantitative estimate of drug-likeness (QED) is 0.410. The molecule has 2 fully saturated rings. The normalized spacial score (nSPS) is 31.5. The smallest absolute Gasteiger partial charge is 0.472 e. The fraction of sp³-hybridized carbons (Fsp3) is 0.500. The predicted molar refractivity (Wildman–Crippen MR) is 91.0 cm³/mol. The van der Waals surface area contributed by atoms with Gasteiger partial charge in [-0.2, -0.15) is 0 Å². The van der Waals surface area contributed by atoms with Crippen molar-refractivity contribution in [2.75, 3.05) is 12.3 Å². The lowest BCUT2D eigenvalue weighted by atomic mass is 10.1. The number of anilines is 1. The van der Waals surface area contributed by atoms with Crippen molar-refractivity contribution in [3.63, 3.8) is 0 Å². The van der Waals surface area contributed by atoms with Crippen LogP contribution >= 0.6 is 7.82 Å². The average molecular weight is 429 g/mol. The summed E-state index contributed by atoms with van der Waals surface area (Å²) in [5, 5.41) is 8.74. The van der Waals surface area contributed by atoms with Crippen LogP contribution in [0.5, 0.6) is 0 Å². The van der Waals surface area contributed by atoms with Crippen molar-refractivity contribution >= 4 is 36.7 Å². The third-order valence-corrected chi connectivity index (χ3v) is 5.40. The number of ether oxygens (including phenoxy) is 2. The maximum atomic E-state index is 12.1. The summed E-state index contributed by atoms with van der Waals surface area (Å²) in [7, 11) is -4.36. The number of hydrogen-bond acceptors (Lipinski definition) is 11. The molecule has 2 aliphatic rings. The van der Waals surface area contributed by atoms with E-state index in [4.69, 9.17) is 29.4 Å². The van der Waals surface area contributed by atoms with Crippen molar-refractivity contribution in [2.45, 2.75) is 37.4 Å². The van der Waals surface area contributed by atoms with E-state index in [1.807, 2.05) is 0 Å². The molecule has 15 heteroatoms. The van der Waals surface area contributed by atoms with Gasteiger partial charge in [0.1, 0.15) is 24.1 Å². The minimum absolute atomic E-state index is 0.124. The number of nitrogens with two attached hydrogens (primary N) is 1. The highest BCUT2D eigenvalue weighted by Gasteiger charge is 2.55. The first-order valence-electron chi connectivity index (χ1n) is 8.40. The van der Waals surface area contributed by atoms with Gasteiger partial charge in [0.2, 0.25) is 0 Å². The molecule has 0 spiro atoms. The first-order valence-corrected chi connectivity index (χ1v) is 9.90. The summed E-state index contributed by atoms with van der Waals surface area (Å²) in [6, 6.07) is 0. The molecule has 156 valence electrons. The fourth-order valence-corrected chi connectivity index (χ4v) is 4.11. The molecule has 4 heterocycles. The monoisotopic (exact) mass is 429 g/mol. The molecule has 0 saturated carbocycles. The summed E-state index contributed by atoms with van der Waals surface area (Å²) in [5.74, 6) is -1.89. The number of carbonyl (C=O) groups excluding carboxylic acids is 1. The Bertz CT molecular complexity index is 1010. The predicted octanol–water partition coefficient (Wildman–Crippen LogP) is -0.402. The fourth-order valence-electron chi connectivity index (χ4n) is 3.15. The lowest BCUT2D eigenvalue weighted by Gasteiger charge is -2.29. The van der Waals surface area contributed by atoms with Crippen LogP contribution in [0.1, 0.15) is 19.1 Å². The standard InChI is InChI=1S/C14H16N5O9P/c15-12-9-13(17-4-16-12)19(5-18-9)14-11(27-8(22)2-1-7(20)21)10-6(26-14)3-25-29(23,24)28-10/h4-6,10-11,14H,1-3H2,(H,20,21)(H,23,24)(H2,15,16,17)/t6-,10-,11-,14-/m1/s1. The molecule has 0 aromatic carbocycles. The third kappa shape index (κ3) is 3.80. The number of aliphatic carboxylic acids is 1. The molecule has 0 amide bonds. The van der Waals surface area contributed by atoms with Gasteiger partial charge in [-0.25, -0.2) is 19.5 Å². The van der Waals surface area contributed by atoms with Gasteiger partial charge in [0.15, 0.2) is 23.8 Å². The van der Waals surface area contributed by atoms with Crippen LogP contribution in [0.3, 0.4) is 0 Å². The summed E-state index contributed by atoms with van der Waals surface area (Å²) >= 11 is 0. The molecule has 29 heavy (non-hydrogen) atoms. The Morgan fingerprint density at radius 2 is 2.14 bits per heavy atom. The number of rotatable bonds is 5. The summed E-state index contributed by atoms with van der Waals surface area (Å²) in [6.07, 6.45) is -2.48. The van der Waals surface area contributed by atoms with Gasteiger partial charge in [0.25, 0.3) is 0 Å². The topological polar surface area (TPSA) is 198 Å². The minimum atomic E-state index is -4.36. The van der Waals surface area contributed by atoms with Crippen LogP contribution in [-0.4, -0.2) is 66.4 Å². The lowest BCUT2D eigenvalue weighted by molar-refractivity contribution is -0.160. The number of hydrogen-bond donors (Lipinski definition) is 3. The molecule has 0 radical (unpaired) electrons. The van der Waals surface area contributed by atoms with E-state index in [0.29, 0.717) is 0 Å². The number of nitrogen functional groups attached to an aromatic ring is 1. The Morgan fingerprint density at radius 1 is 1.34 bits per heavy atom. The zero-order valence-corrected chi connectivity index (χ0v) is 15.5. The highest BCUT2D eigenvalue weighted by molar-refractivity contribution is 7.47. The van der Waals surface area contributed by atoms with Gasteiger partial charge in [-0.3, -0.25) is 23.2 Å². The van der Waals surface area contributed by atoms with Crippen molar-refractivity contribution in [1.82, 2.24) is 19.5 Å². The number of phosphoric acid groups is 1. The number of carbonyl (C=O) groups is 2. The summed E-state index contributed by atoms with van der Waals surface area (Å²) in [6.45, 7) is -0.276. The van der Waals surface area contributed by atoms with Gasteiger partial charge >= 0.3 is 19.8 Å². The van der Waals surface area contributed by atoms with E-state index in [1.165, 1.54) is 17.2 Å². The number of nitrogens with zero attached hydrogens (tertiary/aromatic N) is 4. The van der Waals surface area contributed by atoms with Crippen LogP contribution in [0.2, 0.25) is 0 Å². The Kier molecular flexibility index (Phi) is 4.96. The largest absolute Gasteiger partial charge is 0.481 e. The average Bonchev–Trinajstić information content (AvgIpc) is 3.22. The second-order valence-electron chi connectivity index (χ2n) is 6.33. The van der Waals surface area contributed by atoms with Gasteiger partial charge in [0, 0.05) is 0 Å². The van der Waals surface area contributed by atoms with Gasteiger partial charge in [-0.05, 0) is 0 Å². The SMILES string of the molecule is Nc1ncnc2c1ncn2[C@@H]1O[C@@H]2COP(=O)(O)O[C@H]2[C@H]1OC(=O)CCC(=O)O. The summed E-state index contributed by atoms with van der Waals surface area (Å²) < 4.78 is 34.3. The zero-order valence-electron chi connectivity index (χ0n) is 14.7. The Labute approximate surface area is 162 Å². The molecule has 2 aromatic heterocycles. The third-order valence-electron chi connectivity index (χ3n) is 4.41. The summed E-state index contributed by atoms with van der Waals surface area (Å²) in [5.41, 5.74) is 6.34. The molecule has 4 rings (SSSR count). The number of aromatic nitrogens is 4. The number of carboxylic acid groups (broad SMARTS) is 1. The molecule has 0 aliphatic carbocycles. The molecule has 1 unspecified atom stereocenters. The first kappa shape index (κ1) is 19.7. The molecule has 2 saturated heterocycles. The molecule has 5 atom stereocenters. The molecular weight excluding hydrogens is 413 g/mol. The van der Waals surface area contributed by atoms with E-state index in [1.54, 1.807) is 0 Å². The van der Waals surface area contributed by atoms with Crippen molar-refractivity contribution in [3.8, 4) is 0 Å². The van der Waals surface area contributed by atoms with E-state index in [2.05, 4.69) is 15.0 Å². The van der Waals surface area contributed by atoms with Crippen molar-refractivity contribution in [3.05, 3.63) is 12.7 Å². The molecule has 14 nitrogen and oxygen atoms in total. The second-order valence-corrected chi connectivity index (χ2v) is 7.74. The van der Waals surface area contributed by atoms with Crippen molar-refractivity contribution < 1.29 is 42.7 Å². The molecule has 2 aromatic rings. The van der Waals surface area contributed by atoms with Crippen LogP contribution < -0.4 is 5.73 Å². The lowest BCUT2D eigenvalue weighted by Crippen LogP contribution is -2.41. The number of fused-ring (bicyclic) bond motifs is 2. The molecule has 4 N–H and O–H groups in total. The zero-order chi connectivity index (χ0) is 20.8. The minimum Gasteiger partial charge on any atom is -0.481 e. The van der Waals surface area contributed by atoms with Gasteiger partial charge < -0.3 is 25.2 Å². The van der Waals surface area contributed by atoms with E-state index >= 15 is 0 Å². The van der Waals surface area contributed by atoms with Crippen LogP contribution in [-0.2, 0) is 32.7 Å². The number of imidazole rings is 1. The van der Waals surface area contributed by atoms with Crippen LogP contribution in [0.25, 0.3) is 11.2 Å². The first-order chi connectivity index (χ1) is 13.7. The van der Waals surface area contributed by atoms with Crippen molar-refractivity contribution in [1.29, 1.82) is 0 Å². The number of phosphoric ester groups is 1. The highest BCUT2D eigenvalue weighted by atomic mass is 31.2. The Balaban J connectivity index is 1.67. The second kappa shape index (κ2) is 7.31. The number of esters is 1.